The monoisotopic (exact) mass is 377 g/mol. The molecule has 0 spiro atoms. The largest absolute Gasteiger partial charge is 0.378 e. The smallest absolute Gasteiger partial charge is 0.165 e. The highest BCUT2D eigenvalue weighted by molar-refractivity contribution is 6.30. The minimum Gasteiger partial charge on any atom is -0.378 e. The number of ketones is 1. The average Bonchev–Trinajstić information content (AvgIpc) is 2.70. The highest BCUT2D eigenvalue weighted by Crippen LogP contribution is 2.27. The minimum absolute atomic E-state index is 0.111. The van der Waals surface area contributed by atoms with Crippen molar-refractivity contribution in [1.29, 1.82) is 0 Å². The van der Waals surface area contributed by atoms with Gasteiger partial charge in [-0.3, -0.25) is 4.79 Å². The molecule has 0 aliphatic heterocycles. The number of halogens is 1. The molecule has 27 heavy (non-hydrogen) atoms. The number of carbonyl (C=O) groups excluding carboxylic acids is 1. The van der Waals surface area contributed by atoms with Crippen LogP contribution in [0.25, 0.3) is 0 Å². The fourth-order valence-corrected chi connectivity index (χ4v) is 3.17. The van der Waals surface area contributed by atoms with E-state index in [4.69, 9.17) is 11.6 Å². The molecule has 1 atom stereocenters. The van der Waals surface area contributed by atoms with Crippen LogP contribution in [0.2, 0.25) is 5.02 Å². The molecular weight excluding hydrogens is 354 g/mol. The van der Waals surface area contributed by atoms with E-state index >= 15 is 0 Å². The summed E-state index contributed by atoms with van der Waals surface area (Å²) in [5.41, 5.74) is 4.06. The van der Waals surface area contributed by atoms with Crippen LogP contribution in [0, 0.1) is 0 Å². The van der Waals surface area contributed by atoms with Gasteiger partial charge in [-0.1, -0.05) is 80.0 Å². The van der Waals surface area contributed by atoms with E-state index in [0.717, 1.165) is 16.8 Å². The Balaban J connectivity index is 1.85. The molecular formula is C24H24ClNO. The molecule has 0 aliphatic carbocycles. The lowest BCUT2D eigenvalue weighted by molar-refractivity contribution is 0.0976. The number of carbonyl (C=O) groups is 1. The maximum atomic E-state index is 12.8. The standard InChI is InChI=1S/C24H24ClNO/c1-17(2)18-8-10-19(11-9-18)23(26-22-14-12-21(25)13-15-22)16-24(27)20-6-4-3-5-7-20/h3-15,17,23,26H,16H2,1-2H3/t23-/m0/s1. The molecule has 0 bridgehead atoms. The Morgan fingerprint density at radius 1 is 0.852 bits per heavy atom. The van der Waals surface area contributed by atoms with Crippen molar-refractivity contribution in [3.63, 3.8) is 0 Å². The minimum atomic E-state index is -0.111. The number of hydrogen-bond donors (Lipinski definition) is 1. The lowest BCUT2D eigenvalue weighted by Crippen LogP contribution is -2.16. The van der Waals surface area contributed by atoms with E-state index in [2.05, 4.69) is 43.4 Å². The zero-order valence-corrected chi connectivity index (χ0v) is 16.4. The van der Waals surface area contributed by atoms with Crippen molar-refractivity contribution < 1.29 is 4.79 Å². The zero-order chi connectivity index (χ0) is 19.2. The van der Waals surface area contributed by atoms with Gasteiger partial charge >= 0.3 is 0 Å². The van der Waals surface area contributed by atoms with Crippen LogP contribution >= 0.6 is 11.6 Å². The summed E-state index contributed by atoms with van der Waals surface area (Å²) in [7, 11) is 0. The van der Waals surface area contributed by atoms with Crippen LogP contribution in [0.3, 0.4) is 0 Å². The van der Waals surface area contributed by atoms with Gasteiger partial charge in [0.15, 0.2) is 5.78 Å². The number of nitrogens with one attached hydrogen (secondary N) is 1. The Labute approximate surface area is 166 Å². The van der Waals surface area contributed by atoms with E-state index in [1.807, 2.05) is 54.6 Å². The lowest BCUT2D eigenvalue weighted by Gasteiger charge is -2.21. The fraction of sp³-hybridized carbons (Fsp3) is 0.208. The molecule has 0 aromatic heterocycles. The molecule has 0 saturated heterocycles. The molecule has 3 rings (SSSR count). The predicted molar refractivity (Wildman–Crippen MR) is 114 cm³/mol. The average molecular weight is 378 g/mol. The highest BCUT2D eigenvalue weighted by Gasteiger charge is 2.17. The van der Waals surface area contributed by atoms with Crippen molar-refractivity contribution in [2.24, 2.45) is 0 Å². The molecule has 138 valence electrons. The maximum absolute atomic E-state index is 12.8. The lowest BCUT2D eigenvalue weighted by atomic mass is 9.95. The summed E-state index contributed by atoms with van der Waals surface area (Å²) >= 11 is 5.99. The van der Waals surface area contributed by atoms with Gasteiger partial charge in [0.1, 0.15) is 0 Å². The van der Waals surface area contributed by atoms with E-state index in [9.17, 15) is 4.79 Å². The summed E-state index contributed by atoms with van der Waals surface area (Å²) in [6, 6.07) is 25.4. The highest BCUT2D eigenvalue weighted by atomic mass is 35.5. The topological polar surface area (TPSA) is 29.1 Å². The van der Waals surface area contributed by atoms with Gasteiger partial charge in [0, 0.05) is 22.7 Å². The summed E-state index contributed by atoms with van der Waals surface area (Å²) < 4.78 is 0. The molecule has 0 fully saturated rings. The quantitative estimate of drug-likeness (QED) is 0.454. The third-order valence-corrected chi connectivity index (χ3v) is 4.93. The van der Waals surface area contributed by atoms with Crippen LogP contribution in [-0.4, -0.2) is 5.78 Å². The number of hydrogen-bond acceptors (Lipinski definition) is 2. The second-order valence-corrected chi connectivity index (χ2v) is 7.45. The van der Waals surface area contributed by atoms with Crippen molar-refractivity contribution in [1.82, 2.24) is 0 Å². The van der Waals surface area contributed by atoms with Crippen molar-refractivity contribution in [2.75, 3.05) is 5.32 Å². The van der Waals surface area contributed by atoms with Gasteiger partial charge in [0.05, 0.1) is 6.04 Å². The Kier molecular flexibility index (Phi) is 6.31. The molecule has 0 radical (unpaired) electrons. The molecule has 0 saturated carbocycles. The normalized spacial score (nSPS) is 12.0. The van der Waals surface area contributed by atoms with Crippen LogP contribution in [0.1, 0.15) is 53.7 Å². The van der Waals surface area contributed by atoms with E-state index in [1.54, 1.807) is 0 Å². The van der Waals surface area contributed by atoms with E-state index in [0.29, 0.717) is 17.4 Å². The van der Waals surface area contributed by atoms with Gasteiger partial charge in [-0.05, 0) is 41.3 Å². The molecule has 3 heteroatoms. The van der Waals surface area contributed by atoms with E-state index in [-0.39, 0.29) is 11.8 Å². The second-order valence-electron chi connectivity index (χ2n) is 7.02. The first-order chi connectivity index (χ1) is 13.0. The van der Waals surface area contributed by atoms with Gasteiger partial charge < -0.3 is 5.32 Å². The molecule has 3 aromatic carbocycles. The summed E-state index contributed by atoms with van der Waals surface area (Å²) in [4.78, 5) is 12.8. The first kappa shape index (κ1) is 19.2. The number of Topliss-reactive ketones (excluding diaryl/α,β-unsaturated/α-hetero) is 1. The Morgan fingerprint density at radius 3 is 2.04 bits per heavy atom. The van der Waals surface area contributed by atoms with Gasteiger partial charge in [-0.25, -0.2) is 0 Å². The second kappa shape index (κ2) is 8.88. The van der Waals surface area contributed by atoms with Crippen LogP contribution in [0.5, 0.6) is 0 Å². The van der Waals surface area contributed by atoms with Gasteiger partial charge in [-0.2, -0.15) is 0 Å². The van der Waals surface area contributed by atoms with Crippen LogP contribution in [-0.2, 0) is 0 Å². The van der Waals surface area contributed by atoms with E-state index in [1.165, 1.54) is 5.56 Å². The van der Waals surface area contributed by atoms with Crippen molar-refractivity contribution in [3.8, 4) is 0 Å². The Hall–Kier alpha value is -2.58. The number of rotatable bonds is 7. The fourth-order valence-electron chi connectivity index (χ4n) is 3.04. The molecule has 0 heterocycles. The third-order valence-electron chi connectivity index (χ3n) is 4.68. The summed E-state index contributed by atoms with van der Waals surface area (Å²) in [5.74, 6) is 0.600. The number of anilines is 1. The van der Waals surface area contributed by atoms with Gasteiger partial charge in [-0.15, -0.1) is 0 Å². The van der Waals surface area contributed by atoms with E-state index < -0.39 is 0 Å². The van der Waals surface area contributed by atoms with Crippen molar-refractivity contribution >= 4 is 23.1 Å². The van der Waals surface area contributed by atoms with Gasteiger partial charge in [0.2, 0.25) is 0 Å². The predicted octanol–water partition coefficient (Wildman–Crippen LogP) is 6.89. The van der Waals surface area contributed by atoms with Crippen molar-refractivity contribution in [2.45, 2.75) is 32.2 Å². The molecule has 2 nitrogen and oxygen atoms in total. The summed E-state index contributed by atoms with van der Waals surface area (Å²) in [6.07, 6.45) is 0.383. The van der Waals surface area contributed by atoms with Gasteiger partial charge in [0.25, 0.3) is 0 Å². The number of benzene rings is 3. The van der Waals surface area contributed by atoms with Crippen molar-refractivity contribution in [3.05, 3.63) is 101 Å². The SMILES string of the molecule is CC(C)c1ccc([C@H](CC(=O)c2ccccc2)Nc2ccc(Cl)cc2)cc1. The molecule has 0 amide bonds. The van der Waals surface area contributed by atoms with Crippen LogP contribution in [0.4, 0.5) is 5.69 Å². The Bertz CT molecular complexity index is 871. The summed E-state index contributed by atoms with van der Waals surface area (Å²) in [6.45, 7) is 4.36. The van der Waals surface area contributed by atoms with Crippen LogP contribution in [0.15, 0.2) is 78.9 Å². The summed E-state index contributed by atoms with van der Waals surface area (Å²) in [5, 5.41) is 4.19. The molecule has 0 unspecified atom stereocenters. The van der Waals surface area contributed by atoms with Crippen LogP contribution < -0.4 is 5.32 Å². The Morgan fingerprint density at radius 2 is 1.44 bits per heavy atom. The first-order valence-electron chi connectivity index (χ1n) is 9.23. The molecule has 3 aromatic rings. The third kappa shape index (κ3) is 5.21. The first-order valence-corrected chi connectivity index (χ1v) is 9.61. The zero-order valence-electron chi connectivity index (χ0n) is 15.7. The maximum Gasteiger partial charge on any atom is 0.165 e. The molecule has 0 aliphatic rings. The molecule has 1 N–H and O–H groups in total.